The minimum Gasteiger partial charge on any atom is -0.489 e. The van der Waals surface area contributed by atoms with Crippen molar-refractivity contribution in [2.45, 2.75) is 63.6 Å². The van der Waals surface area contributed by atoms with Gasteiger partial charge in [0.1, 0.15) is 12.4 Å². The summed E-state index contributed by atoms with van der Waals surface area (Å²) >= 11 is 0. The van der Waals surface area contributed by atoms with Gasteiger partial charge in [-0.15, -0.1) is 0 Å². The van der Waals surface area contributed by atoms with Crippen molar-refractivity contribution >= 4 is 0 Å². The predicted molar refractivity (Wildman–Crippen MR) is 108 cm³/mol. The summed E-state index contributed by atoms with van der Waals surface area (Å²) in [5.41, 5.74) is 1.33. The van der Waals surface area contributed by atoms with E-state index in [1.54, 1.807) is 0 Å². The Balaban J connectivity index is 1.54. The lowest BCUT2D eigenvalue weighted by molar-refractivity contribution is -0.00416. The number of hydrogen-bond donors (Lipinski definition) is 0. The van der Waals surface area contributed by atoms with Crippen LogP contribution in [0.25, 0.3) is 0 Å². The van der Waals surface area contributed by atoms with Crippen LogP contribution < -0.4 is 4.74 Å². The van der Waals surface area contributed by atoms with Gasteiger partial charge in [0.05, 0.1) is 0 Å². The van der Waals surface area contributed by atoms with E-state index in [0.717, 1.165) is 30.3 Å². The monoisotopic (exact) mass is 354 g/mol. The van der Waals surface area contributed by atoms with Crippen LogP contribution in [0.1, 0.15) is 50.5 Å². The van der Waals surface area contributed by atoms with Crippen LogP contribution >= 0.6 is 0 Å². The average molecular weight is 355 g/mol. The topological polar surface area (TPSA) is 15.7 Å². The van der Waals surface area contributed by atoms with Crippen LogP contribution in [0.5, 0.6) is 5.75 Å². The molecule has 2 atom stereocenters. The van der Waals surface area contributed by atoms with Gasteiger partial charge in [0.15, 0.2) is 0 Å². The van der Waals surface area contributed by atoms with Gasteiger partial charge in [0, 0.05) is 37.3 Å². The first-order valence-corrected chi connectivity index (χ1v) is 10.7. The number of piperazine rings is 1. The molecule has 2 aliphatic heterocycles. The Labute approximate surface area is 159 Å². The SMILES string of the molecule is C=CCOc1ccccc1CN1CCN2CCC[C@@H]2[C@@H]1C1CCCCC1. The van der Waals surface area contributed by atoms with Gasteiger partial charge >= 0.3 is 0 Å². The first-order chi connectivity index (χ1) is 12.9. The van der Waals surface area contributed by atoms with Gasteiger partial charge in [-0.3, -0.25) is 9.80 Å². The third kappa shape index (κ3) is 3.84. The second-order valence-corrected chi connectivity index (χ2v) is 8.31. The normalized spacial score (nSPS) is 28.0. The van der Waals surface area contributed by atoms with Crippen molar-refractivity contribution in [3.63, 3.8) is 0 Å². The summed E-state index contributed by atoms with van der Waals surface area (Å²) < 4.78 is 5.94. The average Bonchev–Trinajstić information content (AvgIpc) is 3.16. The molecule has 1 aromatic rings. The highest BCUT2D eigenvalue weighted by Gasteiger charge is 2.43. The molecular formula is C23H34N2O. The van der Waals surface area contributed by atoms with Gasteiger partial charge in [0.25, 0.3) is 0 Å². The van der Waals surface area contributed by atoms with Gasteiger partial charge in [-0.25, -0.2) is 0 Å². The Morgan fingerprint density at radius 2 is 1.85 bits per heavy atom. The molecule has 0 unspecified atom stereocenters. The first-order valence-electron chi connectivity index (χ1n) is 10.7. The number of rotatable bonds is 6. The fraction of sp³-hybridized carbons (Fsp3) is 0.652. The molecule has 2 saturated heterocycles. The van der Waals surface area contributed by atoms with Crippen LogP contribution in [0, 0.1) is 5.92 Å². The molecule has 1 aliphatic carbocycles. The van der Waals surface area contributed by atoms with Crippen molar-refractivity contribution < 1.29 is 4.74 Å². The smallest absolute Gasteiger partial charge is 0.124 e. The Morgan fingerprint density at radius 1 is 1.00 bits per heavy atom. The van der Waals surface area contributed by atoms with Crippen molar-refractivity contribution in [3.8, 4) is 5.75 Å². The molecule has 3 fully saturated rings. The first kappa shape index (κ1) is 18.1. The van der Waals surface area contributed by atoms with Crippen molar-refractivity contribution in [3.05, 3.63) is 42.5 Å². The molecule has 3 heteroatoms. The fourth-order valence-corrected chi connectivity index (χ4v) is 5.58. The van der Waals surface area contributed by atoms with Crippen LogP contribution in [0.3, 0.4) is 0 Å². The van der Waals surface area contributed by atoms with Crippen LogP contribution in [0.15, 0.2) is 36.9 Å². The molecule has 0 spiro atoms. The molecule has 26 heavy (non-hydrogen) atoms. The quantitative estimate of drug-likeness (QED) is 0.701. The van der Waals surface area contributed by atoms with E-state index in [-0.39, 0.29) is 0 Å². The van der Waals surface area contributed by atoms with E-state index < -0.39 is 0 Å². The van der Waals surface area contributed by atoms with Crippen molar-refractivity contribution in [2.75, 3.05) is 26.2 Å². The molecule has 0 aromatic heterocycles. The third-order valence-electron chi connectivity index (χ3n) is 6.74. The Kier molecular flexibility index (Phi) is 5.96. The van der Waals surface area contributed by atoms with Crippen molar-refractivity contribution in [1.82, 2.24) is 9.80 Å². The van der Waals surface area contributed by atoms with Crippen LogP contribution in [0.4, 0.5) is 0 Å². The highest BCUT2D eigenvalue weighted by Crippen LogP contribution is 2.38. The largest absolute Gasteiger partial charge is 0.489 e. The summed E-state index contributed by atoms with van der Waals surface area (Å²) in [7, 11) is 0. The molecule has 3 nitrogen and oxygen atoms in total. The molecule has 2 heterocycles. The Morgan fingerprint density at radius 3 is 2.69 bits per heavy atom. The molecule has 1 aromatic carbocycles. The number of para-hydroxylation sites is 1. The summed E-state index contributed by atoms with van der Waals surface area (Å²) in [5.74, 6) is 1.92. The molecule has 0 radical (unpaired) electrons. The summed E-state index contributed by atoms with van der Waals surface area (Å²) in [6.07, 6.45) is 11.8. The number of nitrogens with zero attached hydrogens (tertiary/aromatic N) is 2. The lowest BCUT2D eigenvalue weighted by Gasteiger charge is -2.49. The highest BCUT2D eigenvalue weighted by molar-refractivity contribution is 5.33. The van der Waals surface area contributed by atoms with Gasteiger partial charge in [-0.1, -0.05) is 50.1 Å². The van der Waals surface area contributed by atoms with Gasteiger partial charge < -0.3 is 4.74 Å². The molecule has 142 valence electrons. The summed E-state index contributed by atoms with van der Waals surface area (Å²) in [6, 6.07) is 10.1. The van der Waals surface area contributed by atoms with Crippen LogP contribution in [-0.4, -0.2) is 48.1 Å². The van der Waals surface area contributed by atoms with Crippen molar-refractivity contribution in [1.29, 1.82) is 0 Å². The fourth-order valence-electron chi connectivity index (χ4n) is 5.58. The van der Waals surface area contributed by atoms with Gasteiger partial charge in [0.2, 0.25) is 0 Å². The molecule has 0 N–H and O–H groups in total. The van der Waals surface area contributed by atoms with Crippen molar-refractivity contribution in [2.24, 2.45) is 5.92 Å². The minimum absolute atomic E-state index is 0.583. The lowest BCUT2D eigenvalue weighted by Crippen LogP contribution is -2.59. The maximum atomic E-state index is 5.94. The van der Waals surface area contributed by atoms with E-state index in [1.165, 1.54) is 70.1 Å². The van der Waals surface area contributed by atoms with E-state index >= 15 is 0 Å². The van der Waals surface area contributed by atoms with E-state index in [2.05, 4.69) is 40.6 Å². The number of fused-ring (bicyclic) bond motifs is 1. The molecule has 4 rings (SSSR count). The standard InChI is InChI=1S/C23H34N2O/c1-2-17-26-22-13-7-6-11-20(22)18-25-16-15-24-14-8-12-21(24)23(25)19-9-4-3-5-10-19/h2,6-7,11,13,19,21,23H,1,3-5,8-10,12,14-18H2/t21-,23+/m1/s1. The van der Waals surface area contributed by atoms with E-state index in [0.29, 0.717) is 6.61 Å². The number of hydrogen-bond acceptors (Lipinski definition) is 3. The maximum Gasteiger partial charge on any atom is 0.124 e. The zero-order valence-corrected chi connectivity index (χ0v) is 16.1. The summed E-state index contributed by atoms with van der Waals surface area (Å²) in [5, 5.41) is 0. The van der Waals surface area contributed by atoms with Gasteiger partial charge in [-0.05, 0) is 44.2 Å². The summed E-state index contributed by atoms with van der Waals surface area (Å²) in [6.45, 7) is 9.16. The molecule has 1 saturated carbocycles. The minimum atomic E-state index is 0.583. The third-order valence-corrected chi connectivity index (χ3v) is 6.74. The Hall–Kier alpha value is -1.32. The summed E-state index contributed by atoms with van der Waals surface area (Å²) in [4.78, 5) is 5.59. The van der Waals surface area contributed by atoms with Crippen LogP contribution in [0.2, 0.25) is 0 Å². The number of benzene rings is 1. The second kappa shape index (κ2) is 8.58. The maximum absolute atomic E-state index is 5.94. The zero-order valence-electron chi connectivity index (χ0n) is 16.1. The van der Waals surface area contributed by atoms with Gasteiger partial charge in [-0.2, -0.15) is 0 Å². The molecule has 0 amide bonds. The van der Waals surface area contributed by atoms with E-state index in [1.807, 2.05) is 6.08 Å². The molecular weight excluding hydrogens is 320 g/mol. The number of ether oxygens (including phenoxy) is 1. The zero-order chi connectivity index (χ0) is 17.8. The molecule has 0 bridgehead atoms. The lowest BCUT2D eigenvalue weighted by atomic mass is 9.78. The van der Waals surface area contributed by atoms with E-state index in [4.69, 9.17) is 4.74 Å². The second-order valence-electron chi connectivity index (χ2n) is 8.31. The highest BCUT2D eigenvalue weighted by atomic mass is 16.5. The predicted octanol–water partition coefficient (Wildman–Crippen LogP) is 4.48. The Bertz CT molecular complexity index is 596. The van der Waals surface area contributed by atoms with E-state index in [9.17, 15) is 0 Å². The molecule has 3 aliphatic rings. The van der Waals surface area contributed by atoms with Crippen LogP contribution in [-0.2, 0) is 6.54 Å².